The summed E-state index contributed by atoms with van der Waals surface area (Å²) in [5.41, 5.74) is 4.37. The second kappa shape index (κ2) is 6.98. The molecule has 2 aliphatic rings. The van der Waals surface area contributed by atoms with Gasteiger partial charge in [0.2, 0.25) is 5.91 Å². The van der Waals surface area contributed by atoms with Crippen molar-refractivity contribution in [2.45, 2.75) is 39.2 Å². The molecule has 31 heavy (non-hydrogen) atoms. The quantitative estimate of drug-likeness (QED) is 0.698. The zero-order chi connectivity index (χ0) is 21.9. The molecule has 1 N–H and O–H groups in total. The SMILES string of the molecule is Cc1ccc(C2CN3C(=O)CN(CC(C)C)C(=O)[C@]3(C)c3[nH]c4ccccc4c32)cc1. The Hall–Kier alpha value is -3.08. The molecular weight excluding hydrogens is 386 g/mol. The number of hydrogen-bond acceptors (Lipinski definition) is 2. The van der Waals surface area contributed by atoms with Crippen LogP contribution in [0.3, 0.4) is 0 Å². The minimum absolute atomic E-state index is 0.0102. The van der Waals surface area contributed by atoms with E-state index in [1.165, 1.54) is 11.1 Å². The Bertz CT molecular complexity index is 1180. The van der Waals surface area contributed by atoms with Gasteiger partial charge in [0.15, 0.2) is 5.54 Å². The predicted molar refractivity (Wildman–Crippen MR) is 122 cm³/mol. The van der Waals surface area contributed by atoms with Crippen LogP contribution in [0.2, 0.25) is 0 Å². The minimum atomic E-state index is -1.01. The molecule has 0 radical (unpaired) electrons. The van der Waals surface area contributed by atoms with Gasteiger partial charge >= 0.3 is 0 Å². The number of aromatic nitrogens is 1. The Morgan fingerprint density at radius 3 is 2.52 bits per heavy atom. The Balaban J connectivity index is 1.73. The molecule has 1 saturated heterocycles. The van der Waals surface area contributed by atoms with E-state index in [9.17, 15) is 9.59 Å². The maximum Gasteiger partial charge on any atom is 0.254 e. The Labute approximate surface area is 183 Å². The van der Waals surface area contributed by atoms with E-state index in [1.54, 1.807) is 4.90 Å². The van der Waals surface area contributed by atoms with Crippen LogP contribution in [0.15, 0.2) is 48.5 Å². The number of para-hydroxylation sites is 1. The fourth-order valence-electron chi connectivity index (χ4n) is 5.36. The Kier molecular flexibility index (Phi) is 4.47. The van der Waals surface area contributed by atoms with Crippen LogP contribution in [-0.2, 0) is 15.1 Å². The smallest absolute Gasteiger partial charge is 0.254 e. The van der Waals surface area contributed by atoms with Crippen LogP contribution in [0.5, 0.6) is 0 Å². The van der Waals surface area contributed by atoms with Gasteiger partial charge in [0, 0.05) is 29.9 Å². The van der Waals surface area contributed by atoms with E-state index in [0.717, 1.165) is 22.2 Å². The summed E-state index contributed by atoms with van der Waals surface area (Å²) >= 11 is 0. The molecule has 2 atom stereocenters. The molecule has 5 heteroatoms. The summed E-state index contributed by atoms with van der Waals surface area (Å²) in [7, 11) is 0. The first-order chi connectivity index (χ1) is 14.8. The maximum absolute atomic E-state index is 13.8. The summed E-state index contributed by atoms with van der Waals surface area (Å²) in [5.74, 6) is 0.353. The van der Waals surface area contributed by atoms with Crippen LogP contribution in [0.25, 0.3) is 10.9 Å². The first kappa shape index (κ1) is 19.9. The lowest BCUT2D eigenvalue weighted by Crippen LogP contribution is -2.67. The predicted octanol–water partition coefficient (Wildman–Crippen LogP) is 4.16. The molecule has 2 aromatic carbocycles. The van der Waals surface area contributed by atoms with E-state index < -0.39 is 5.54 Å². The molecule has 1 unspecified atom stereocenters. The molecule has 1 fully saturated rings. The monoisotopic (exact) mass is 415 g/mol. The second-order valence-electron chi connectivity index (χ2n) is 9.58. The Morgan fingerprint density at radius 1 is 1.10 bits per heavy atom. The van der Waals surface area contributed by atoms with Crippen molar-refractivity contribution in [2.75, 3.05) is 19.6 Å². The molecule has 5 rings (SSSR count). The van der Waals surface area contributed by atoms with Gasteiger partial charge in [-0.1, -0.05) is 61.9 Å². The van der Waals surface area contributed by atoms with Gasteiger partial charge in [-0.05, 0) is 37.0 Å². The van der Waals surface area contributed by atoms with Crippen LogP contribution in [0, 0.1) is 12.8 Å². The third-order valence-electron chi connectivity index (χ3n) is 6.88. The summed E-state index contributed by atoms with van der Waals surface area (Å²) in [5, 5.41) is 1.13. The number of rotatable bonds is 3. The zero-order valence-corrected chi connectivity index (χ0v) is 18.6. The summed E-state index contributed by atoms with van der Waals surface area (Å²) in [6, 6.07) is 16.7. The number of hydrogen-bond donors (Lipinski definition) is 1. The highest BCUT2D eigenvalue weighted by atomic mass is 16.2. The highest BCUT2D eigenvalue weighted by molar-refractivity contribution is 6.01. The van der Waals surface area contributed by atoms with Crippen LogP contribution >= 0.6 is 0 Å². The third-order valence-corrected chi connectivity index (χ3v) is 6.88. The van der Waals surface area contributed by atoms with Crippen LogP contribution in [0.1, 0.15) is 49.1 Å². The normalized spacial score (nSPS) is 23.5. The first-order valence-corrected chi connectivity index (χ1v) is 11.1. The molecule has 0 spiro atoms. The second-order valence-corrected chi connectivity index (χ2v) is 9.58. The van der Waals surface area contributed by atoms with Crippen molar-refractivity contribution >= 4 is 22.7 Å². The lowest BCUT2D eigenvalue weighted by molar-refractivity contribution is -0.166. The number of aromatic amines is 1. The molecule has 3 heterocycles. The topological polar surface area (TPSA) is 56.4 Å². The number of amides is 2. The highest BCUT2D eigenvalue weighted by Crippen LogP contribution is 2.48. The van der Waals surface area contributed by atoms with Gasteiger partial charge in [-0.15, -0.1) is 0 Å². The van der Waals surface area contributed by atoms with Crippen molar-refractivity contribution in [1.82, 2.24) is 14.8 Å². The number of benzene rings is 2. The van der Waals surface area contributed by atoms with Crippen LogP contribution in [-0.4, -0.2) is 46.2 Å². The number of H-pyrrole nitrogens is 1. The van der Waals surface area contributed by atoms with Gasteiger partial charge in [0.1, 0.15) is 0 Å². The molecule has 2 aliphatic heterocycles. The van der Waals surface area contributed by atoms with Gasteiger partial charge in [-0.25, -0.2) is 0 Å². The van der Waals surface area contributed by atoms with Gasteiger partial charge in [-0.2, -0.15) is 0 Å². The maximum atomic E-state index is 13.8. The number of carbonyl (C=O) groups is 2. The molecule has 2 amide bonds. The minimum Gasteiger partial charge on any atom is -0.356 e. The largest absolute Gasteiger partial charge is 0.356 e. The lowest BCUT2D eigenvalue weighted by atomic mass is 9.76. The average molecular weight is 416 g/mol. The standard InChI is InChI=1S/C26H29N3O2/c1-16(2)13-28-15-22(30)29-14-20(18-11-9-17(3)10-12-18)23-19-7-5-6-8-21(19)27-24(23)26(29,4)25(28)31/h5-12,16,20,27H,13-15H2,1-4H3/t20?,26-/m0/s1. The van der Waals surface area contributed by atoms with Gasteiger partial charge < -0.3 is 14.8 Å². The lowest BCUT2D eigenvalue weighted by Gasteiger charge is -2.51. The highest BCUT2D eigenvalue weighted by Gasteiger charge is 2.56. The molecule has 5 nitrogen and oxygen atoms in total. The van der Waals surface area contributed by atoms with E-state index in [2.05, 4.69) is 62.2 Å². The van der Waals surface area contributed by atoms with Gasteiger partial charge in [0.05, 0.1) is 12.2 Å². The fourth-order valence-corrected chi connectivity index (χ4v) is 5.36. The van der Waals surface area contributed by atoms with Crippen LogP contribution < -0.4 is 0 Å². The van der Waals surface area contributed by atoms with Crippen molar-refractivity contribution in [3.05, 3.63) is 70.9 Å². The number of fused-ring (bicyclic) bond motifs is 5. The molecule has 0 bridgehead atoms. The molecule has 160 valence electrons. The zero-order valence-electron chi connectivity index (χ0n) is 18.6. The average Bonchev–Trinajstić information content (AvgIpc) is 3.13. The molecular formula is C26H29N3O2. The van der Waals surface area contributed by atoms with E-state index >= 15 is 0 Å². The van der Waals surface area contributed by atoms with Gasteiger partial charge in [0.25, 0.3) is 5.91 Å². The van der Waals surface area contributed by atoms with Crippen molar-refractivity contribution in [2.24, 2.45) is 5.92 Å². The molecule has 0 saturated carbocycles. The van der Waals surface area contributed by atoms with Crippen molar-refractivity contribution < 1.29 is 9.59 Å². The Morgan fingerprint density at radius 2 is 1.81 bits per heavy atom. The number of piperazine rings is 1. The van der Waals surface area contributed by atoms with E-state index in [0.29, 0.717) is 19.0 Å². The van der Waals surface area contributed by atoms with Gasteiger partial charge in [-0.3, -0.25) is 9.59 Å². The van der Waals surface area contributed by atoms with E-state index in [4.69, 9.17) is 0 Å². The number of aryl methyl sites for hydroxylation is 1. The van der Waals surface area contributed by atoms with E-state index in [-0.39, 0.29) is 24.3 Å². The third kappa shape index (κ3) is 2.90. The van der Waals surface area contributed by atoms with Crippen molar-refractivity contribution in [1.29, 1.82) is 0 Å². The fraction of sp³-hybridized carbons (Fsp3) is 0.385. The summed E-state index contributed by atoms with van der Waals surface area (Å²) < 4.78 is 0. The molecule has 1 aromatic heterocycles. The van der Waals surface area contributed by atoms with Crippen molar-refractivity contribution in [3.63, 3.8) is 0 Å². The summed E-state index contributed by atoms with van der Waals surface area (Å²) in [4.78, 5) is 34.3. The number of nitrogens with zero attached hydrogens (tertiary/aromatic N) is 2. The first-order valence-electron chi connectivity index (χ1n) is 11.1. The molecule has 3 aromatic rings. The number of carbonyl (C=O) groups excluding carboxylic acids is 2. The van der Waals surface area contributed by atoms with Crippen molar-refractivity contribution in [3.8, 4) is 0 Å². The van der Waals surface area contributed by atoms with E-state index in [1.807, 2.05) is 24.0 Å². The summed E-state index contributed by atoms with van der Waals surface area (Å²) in [6.45, 7) is 9.40. The summed E-state index contributed by atoms with van der Waals surface area (Å²) in [6.07, 6.45) is 0. The molecule has 0 aliphatic carbocycles. The van der Waals surface area contributed by atoms with Crippen LogP contribution in [0.4, 0.5) is 0 Å². The number of nitrogens with one attached hydrogen (secondary N) is 1.